The van der Waals surface area contributed by atoms with Crippen molar-refractivity contribution < 1.29 is 4.79 Å². The van der Waals surface area contributed by atoms with Gasteiger partial charge >= 0.3 is 0 Å². The summed E-state index contributed by atoms with van der Waals surface area (Å²) >= 11 is 0. The van der Waals surface area contributed by atoms with Crippen LogP contribution in [0.3, 0.4) is 0 Å². The number of hydrogen-bond acceptors (Lipinski definition) is 2. The van der Waals surface area contributed by atoms with E-state index in [4.69, 9.17) is 5.26 Å². The summed E-state index contributed by atoms with van der Waals surface area (Å²) in [6.07, 6.45) is -0.0775. The fourth-order valence-corrected chi connectivity index (χ4v) is 1.14. The maximum Gasteiger partial charge on any atom is 0.234 e. The molecule has 0 atom stereocenters. The number of nitrogens with zero attached hydrogens (tertiary/aromatic N) is 1. The van der Waals surface area contributed by atoms with Crippen LogP contribution in [0.4, 0.5) is 0 Å². The van der Waals surface area contributed by atoms with Gasteiger partial charge in [0, 0.05) is 6.54 Å². The van der Waals surface area contributed by atoms with Crippen LogP contribution >= 0.6 is 0 Å². The Morgan fingerprint density at radius 1 is 1.50 bits per heavy atom. The van der Waals surface area contributed by atoms with Crippen LogP contribution in [0.2, 0.25) is 0 Å². The molecule has 1 rings (SSSR count). The maximum atomic E-state index is 11.0. The minimum Gasteiger partial charge on any atom is -0.351 e. The molecule has 3 heteroatoms. The summed E-state index contributed by atoms with van der Waals surface area (Å²) in [4.78, 5) is 11.0. The van der Waals surface area contributed by atoms with Crippen LogP contribution in [-0.2, 0) is 11.3 Å². The highest BCUT2D eigenvalue weighted by atomic mass is 16.1. The lowest BCUT2D eigenvalue weighted by molar-refractivity contribution is -0.120. The lowest BCUT2D eigenvalue weighted by Gasteiger charge is -2.05. The van der Waals surface area contributed by atoms with Gasteiger partial charge in [0.2, 0.25) is 5.91 Å². The molecule has 0 unspecified atom stereocenters. The van der Waals surface area contributed by atoms with Gasteiger partial charge in [-0.15, -0.1) is 0 Å². The Hall–Kier alpha value is -1.82. The van der Waals surface area contributed by atoms with E-state index in [1.807, 2.05) is 31.2 Å². The molecule has 1 amide bonds. The Kier molecular flexibility index (Phi) is 3.69. The van der Waals surface area contributed by atoms with E-state index >= 15 is 0 Å². The number of aryl methyl sites for hydroxylation is 1. The molecule has 3 nitrogen and oxygen atoms in total. The van der Waals surface area contributed by atoms with E-state index in [-0.39, 0.29) is 12.3 Å². The Balaban J connectivity index is 2.51. The Morgan fingerprint density at radius 3 is 2.86 bits per heavy atom. The minimum absolute atomic E-state index is 0.0775. The first-order valence-electron chi connectivity index (χ1n) is 4.42. The molecular weight excluding hydrogens is 176 g/mol. The van der Waals surface area contributed by atoms with Crippen molar-refractivity contribution in [1.29, 1.82) is 5.26 Å². The standard InChI is InChI=1S/C11H12N2O/c1-9-4-2-3-5-10(9)8-13-11(14)6-7-12/h2-5H,6,8H2,1H3,(H,13,14). The molecule has 0 heterocycles. The first kappa shape index (κ1) is 10.3. The number of nitriles is 1. The van der Waals surface area contributed by atoms with E-state index in [0.717, 1.165) is 11.1 Å². The fraction of sp³-hybridized carbons (Fsp3) is 0.273. The third-order valence-corrected chi connectivity index (χ3v) is 1.98. The van der Waals surface area contributed by atoms with Crippen LogP contribution in [0.15, 0.2) is 24.3 Å². The second-order valence-corrected chi connectivity index (χ2v) is 3.04. The normalized spacial score (nSPS) is 9.14. The van der Waals surface area contributed by atoms with Gasteiger partial charge < -0.3 is 5.32 Å². The van der Waals surface area contributed by atoms with Gasteiger partial charge in [0.15, 0.2) is 0 Å². The second-order valence-electron chi connectivity index (χ2n) is 3.04. The minimum atomic E-state index is -0.226. The van der Waals surface area contributed by atoms with Gasteiger partial charge in [-0.2, -0.15) is 5.26 Å². The molecule has 0 aliphatic rings. The molecule has 72 valence electrons. The summed E-state index contributed by atoms with van der Waals surface area (Å²) in [6.45, 7) is 2.49. The van der Waals surface area contributed by atoms with Gasteiger partial charge in [-0.25, -0.2) is 0 Å². The van der Waals surface area contributed by atoms with Crippen LogP contribution in [0.1, 0.15) is 17.5 Å². The van der Waals surface area contributed by atoms with Crippen molar-refractivity contribution in [3.05, 3.63) is 35.4 Å². The smallest absolute Gasteiger partial charge is 0.234 e. The number of carbonyl (C=O) groups is 1. The number of amides is 1. The predicted molar refractivity (Wildman–Crippen MR) is 53.3 cm³/mol. The predicted octanol–water partition coefficient (Wildman–Crippen LogP) is 1.52. The van der Waals surface area contributed by atoms with Crippen molar-refractivity contribution in [2.45, 2.75) is 19.9 Å². The van der Waals surface area contributed by atoms with Crippen LogP contribution in [-0.4, -0.2) is 5.91 Å². The van der Waals surface area contributed by atoms with E-state index < -0.39 is 0 Å². The highest BCUT2D eigenvalue weighted by Gasteiger charge is 2.00. The van der Waals surface area contributed by atoms with Gasteiger partial charge in [-0.05, 0) is 18.1 Å². The summed E-state index contributed by atoms with van der Waals surface area (Å²) < 4.78 is 0. The molecule has 1 aromatic carbocycles. The van der Waals surface area contributed by atoms with E-state index in [2.05, 4.69) is 5.32 Å². The summed E-state index contributed by atoms with van der Waals surface area (Å²) in [5.74, 6) is -0.226. The van der Waals surface area contributed by atoms with Gasteiger partial charge in [0.05, 0.1) is 6.07 Å². The maximum absolute atomic E-state index is 11.0. The Morgan fingerprint density at radius 2 is 2.21 bits per heavy atom. The van der Waals surface area contributed by atoms with Gasteiger partial charge in [0.25, 0.3) is 0 Å². The van der Waals surface area contributed by atoms with Crippen LogP contribution in [0, 0.1) is 18.3 Å². The molecule has 14 heavy (non-hydrogen) atoms. The van der Waals surface area contributed by atoms with Crippen LogP contribution in [0.5, 0.6) is 0 Å². The molecule has 0 fully saturated rings. The van der Waals surface area contributed by atoms with Gasteiger partial charge in [-0.1, -0.05) is 24.3 Å². The Bertz CT molecular complexity index is 366. The molecule has 0 bridgehead atoms. The number of benzene rings is 1. The molecule has 0 radical (unpaired) electrons. The third kappa shape index (κ3) is 2.91. The number of hydrogen-bond donors (Lipinski definition) is 1. The van der Waals surface area contributed by atoms with Crippen molar-refractivity contribution in [3.63, 3.8) is 0 Å². The molecule has 0 spiro atoms. The third-order valence-electron chi connectivity index (χ3n) is 1.98. The van der Waals surface area contributed by atoms with Crippen molar-refractivity contribution >= 4 is 5.91 Å². The highest BCUT2D eigenvalue weighted by Crippen LogP contribution is 2.05. The number of carbonyl (C=O) groups excluding carboxylic acids is 1. The van der Waals surface area contributed by atoms with Crippen molar-refractivity contribution in [2.24, 2.45) is 0 Å². The van der Waals surface area contributed by atoms with Crippen LogP contribution < -0.4 is 5.32 Å². The van der Waals surface area contributed by atoms with Crippen molar-refractivity contribution in [1.82, 2.24) is 5.32 Å². The lowest BCUT2D eigenvalue weighted by Crippen LogP contribution is -2.22. The zero-order valence-electron chi connectivity index (χ0n) is 8.08. The molecule has 0 saturated heterocycles. The zero-order valence-corrected chi connectivity index (χ0v) is 8.08. The monoisotopic (exact) mass is 188 g/mol. The van der Waals surface area contributed by atoms with E-state index in [9.17, 15) is 4.79 Å². The average Bonchev–Trinajstić information content (AvgIpc) is 2.17. The second kappa shape index (κ2) is 5.03. The summed E-state index contributed by atoms with van der Waals surface area (Å²) in [6, 6.07) is 9.64. The van der Waals surface area contributed by atoms with Crippen LogP contribution in [0.25, 0.3) is 0 Å². The summed E-state index contributed by atoms with van der Waals surface area (Å²) in [5.41, 5.74) is 2.23. The molecule has 1 aromatic rings. The molecule has 1 N–H and O–H groups in total. The summed E-state index contributed by atoms with van der Waals surface area (Å²) in [5, 5.41) is 11.0. The SMILES string of the molecule is Cc1ccccc1CNC(=O)CC#N. The van der Waals surface area contributed by atoms with Gasteiger partial charge in [-0.3, -0.25) is 4.79 Å². The zero-order chi connectivity index (χ0) is 10.4. The fourth-order valence-electron chi connectivity index (χ4n) is 1.14. The van der Waals surface area contributed by atoms with E-state index in [1.165, 1.54) is 0 Å². The molecule has 0 aliphatic heterocycles. The quantitative estimate of drug-likeness (QED) is 0.782. The first-order valence-corrected chi connectivity index (χ1v) is 4.42. The number of rotatable bonds is 3. The van der Waals surface area contributed by atoms with Gasteiger partial charge in [0.1, 0.15) is 6.42 Å². The number of nitrogens with one attached hydrogen (secondary N) is 1. The van der Waals surface area contributed by atoms with Crippen molar-refractivity contribution in [3.8, 4) is 6.07 Å². The van der Waals surface area contributed by atoms with Crippen molar-refractivity contribution in [2.75, 3.05) is 0 Å². The molecule has 0 saturated carbocycles. The molecule has 0 aliphatic carbocycles. The van der Waals surface area contributed by atoms with E-state index in [0.29, 0.717) is 6.54 Å². The summed E-state index contributed by atoms with van der Waals surface area (Å²) in [7, 11) is 0. The van der Waals surface area contributed by atoms with E-state index in [1.54, 1.807) is 6.07 Å². The lowest BCUT2D eigenvalue weighted by atomic mass is 10.1. The topological polar surface area (TPSA) is 52.9 Å². The average molecular weight is 188 g/mol. The first-order chi connectivity index (χ1) is 6.74. The largest absolute Gasteiger partial charge is 0.351 e. The molecule has 0 aromatic heterocycles. The Labute approximate surface area is 83.4 Å². The highest BCUT2D eigenvalue weighted by molar-refractivity contribution is 5.77. The molecular formula is C11H12N2O.